The van der Waals surface area contributed by atoms with Crippen LogP contribution in [0, 0.1) is 0 Å². The second-order valence-corrected chi connectivity index (χ2v) is 5.37. The molecule has 0 aromatic carbocycles. The fraction of sp³-hybridized carbons (Fsp3) is 0.667. The van der Waals surface area contributed by atoms with Crippen molar-refractivity contribution in [3.8, 4) is 0 Å². The Hall–Kier alpha value is -0.790. The Labute approximate surface area is 156 Å². The van der Waals surface area contributed by atoms with Crippen LogP contribution in [-0.4, -0.2) is 36.8 Å². The van der Waals surface area contributed by atoms with Crippen molar-refractivity contribution < 1.29 is 26.3 Å². The fourth-order valence-electron chi connectivity index (χ4n) is 1.48. The third-order valence-electron chi connectivity index (χ3n) is 2.48. The van der Waals surface area contributed by atoms with Crippen LogP contribution < -0.4 is 10.6 Å². The van der Waals surface area contributed by atoms with Crippen LogP contribution in [0.2, 0.25) is 0 Å². The molecule has 1 aromatic heterocycles. The molecule has 0 spiro atoms. The average Bonchev–Trinajstić information content (AvgIpc) is 2.86. The molecule has 0 aliphatic rings. The highest BCUT2D eigenvalue weighted by molar-refractivity contribution is 14.0. The lowest BCUT2D eigenvalue weighted by atomic mass is 10.4. The summed E-state index contributed by atoms with van der Waals surface area (Å²) < 4.78 is 73.4. The van der Waals surface area contributed by atoms with Crippen molar-refractivity contribution in [2.45, 2.75) is 32.1 Å². The quantitative estimate of drug-likeness (QED) is 0.276. The van der Waals surface area contributed by atoms with E-state index in [9.17, 15) is 26.3 Å². The molecule has 2 N–H and O–H groups in total. The van der Waals surface area contributed by atoms with E-state index in [0.717, 1.165) is 16.7 Å². The van der Waals surface area contributed by atoms with Crippen molar-refractivity contribution in [2.75, 3.05) is 19.6 Å². The van der Waals surface area contributed by atoms with E-state index in [2.05, 4.69) is 20.6 Å². The molecule has 0 atom stereocenters. The van der Waals surface area contributed by atoms with Crippen LogP contribution in [-0.2, 0) is 12.6 Å². The predicted octanol–water partition coefficient (Wildman–Crippen LogP) is 3.83. The third kappa shape index (κ3) is 9.49. The minimum Gasteiger partial charge on any atom is -0.357 e. The highest BCUT2D eigenvalue weighted by Crippen LogP contribution is 2.30. The van der Waals surface area contributed by atoms with Gasteiger partial charge in [0.1, 0.15) is 0 Å². The standard InChI is InChI=1S/C12H16F6N4S.HI/c1-2-19-10(21-6-4-11(13,14)15)20-5-3-9-22-8(7-23-9)12(16,17)18;/h7H,2-6H2,1H3,(H2,19,20,21);1H. The van der Waals surface area contributed by atoms with Gasteiger partial charge in [0, 0.05) is 24.9 Å². The summed E-state index contributed by atoms with van der Waals surface area (Å²) in [7, 11) is 0. The molecule has 0 aliphatic carbocycles. The van der Waals surface area contributed by atoms with Gasteiger partial charge in [-0.3, -0.25) is 4.99 Å². The number of halogens is 7. The number of guanidine groups is 1. The normalized spacial score (nSPS) is 12.7. The smallest absolute Gasteiger partial charge is 0.357 e. The molecule has 0 unspecified atom stereocenters. The van der Waals surface area contributed by atoms with Gasteiger partial charge in [-0.15, -0.1) is 35.3 Å². The van der Waals surface area contributed by atoms with Crippen molar-refractivity contribution in [2.24, 2.45) is 4.99 Å². The molecule has 12 heteroatoms. The first-order chi connectivity index (χ1) is 10.6. The molecule has 0 bridgehead atoms. The lowest BCUT2D eigenvalue weighted by Crippen LogP contribution is -2.38. The first-order valence-electron chi connectivity index (χ1n) is 6.72. The molecule has 1 rings (SSSR count). The summed E-state index contributed by atoms with van der Waals surface area (Å²) >= 11 is 0.883. The Kier molecular flexibility index (Phi) is 9.92. The maximum absolute atomic E-state index is 12.4. The molecule has 1 heterocycles. The highest BCUT2D eigenvalue weighted by atomic mass is 127. The van der Waals surface area contributed by atoms with Gasteiger partial charge in [0.05, 0.1) is 18.0 Å². The summed E-state index contributed by atoms with van der Waals surface area (Å²) in [6.45, 7) is 1.99. The molecule has 0 aliphatic heterocycles. The number of alkyl halides is 6. The molecule has 140 valence electrons. The van der Waals surface area contributed by atoms with Crippen molar-refractivity contribution in [3.05, 3.63) is 16.1 Å². The van der Waals surface area contributed by atoms with E-state index in [4.69, 9.17) is 0 Å². The van der Waals surface area contributed by atoms with Crippen LogP contribution in [0.5, 0.6) is 0 Å². The highest BCUT2D eigenvalue weighted by Gasteiger charge is 2.33. The third-order valence-corrected chi connectivity index (χ3v) is 3.39. The van der Waals surface area contributed by atoms with Crippen molar-refractivity contribution in [1.82, 2.24) is 15.6 Å². The van der Waals surface area contributed by atoms with Crippen LogP contribution in [0.15, 0.2) is 10.4 Å². The Morgan fingerprint density at radius 2 is 1.88 bits per heavy atom. The van der Waals surface area contributed by atoms with Crippen molar-refractivity contribution in [1.29, 1.82) is 0 Å². The summed E-state index contributed by atoms with van der Waals surface area (Å²) in [6.07, 6.45) is -9.58. The molecule has 1 aromatic rings. The van der Waals surface area contributed by atoms with E-state index in [1.807, 2.05) is 0 Å². The van der Waals surface area contributed by atoms with Crippen LogP contribution in [0.1, 0.15) is 24.0 Å². The Bertz CT molecular complexity index is 514. The topological polar surface area (TPSA) is 49.3 Å². The van der Waals surface area contributed by atoms with Crippen LogP contribution in [0.4, 0.5) is 26.3 Å². The SMILES string of the molecule is CCNC(=NCCC(F)(F)F)NCCc1nc(C(F)(F)F)cs1.I. The number of hydrogen-bond acceptors (Lipinski definition) is 3. The summed E-state index contributed by atoms with van der Waals surface area (Å²) in [4.78, 5) is 7.22. The van der Waals surface area contributed by atoms with Gasteiger partial charge in [-0.1, -0.05) is 0 Å². The molecular formula is C12H17F6IN4S. The van der Waals surface area contributed by atoms with Gasteiger partial charge < -0.3 is 10.6 Å². The van der Waals surface area contributed by atoms with Gasteiger partial charge >= 0.3 is 12.4 Å². The summed E-state index contributed by atoms with van der Waals surface area (Å²) in [5.74, 6) is 0.185. The van der Waals surface area contributed by atoms with E-state index in [-0.39, 0.29) is 47.9 Å². The van der Waals surface area contributed by atoms with Crippen LogP contribution in [0.25, 0.3) is 0 Å². The van der Waals surface area contributed by atoms with Gasteiger partial charge in [-0.05, 0) is 6.92 Å². The lowest BCUT2D eigenvalue weighted by molar-refractivity contribution is -0.140. The summed E-state index contributed by atoms with van der Waals surface area (Å²) in [5.41, 5.74) is -0.941. The zero-order chi connectivity index (χ0) is 17.5. The number of hydrogen-bond donors (Lipinski definition) is 2. The monoisotopic (exact) mass is 490 g/mol. The lowest BCUT2D eigenvalue weighted by Gasteiger charge is -2.11. The summed E-state index contributed by atoms with van der Waals surface area (Å²) in [5, 5.41) is 6.74. The number of aliphatic imine (C=N–C) groups is 1. The molecule has 0 saturated carbocycles. The van der Waals surface area contributed by atoms with Gasteiger partial charge in [-0.2, -0.15) is 26.3 Å². The van der Waals surface area contributed by atoms with Gasteiger partial charge in [0.15, 0.2) is 11.7 Å². The van der Waals surface area contributed by atoms with E-state index >= 15 is 0 Å². The number of nitrogens with one attached hydrogen (secondary N) is 2. The number of nitrogens with zero attached hydrogens (tertiary/aromatic N) is 2. The van der Waals surface area contributed by atoms with Gasteiger partial charge in [-0.25, -0.2) is 4.98 Å². The number of rotatable bonds is 6. The van der Waals surface area contributed by atoms with E-state index in [1.54, 1.807) is 6.92 Å². The van der Waals surface area contributed by atoms with Crippen molar-refractivity contribution >= 4 is 41.3 Å². The van der Waals surface area contributed by atoms with Crippen LogP contribution >= 0.6 is 35.3 Å². The molecule has 24 heavy (non-hydrogen) atoms. The minimum atomic E-state index is -4.48. The van der Waals surface area contributed by atoms with E-state index in [1.165, 1.54) is 0 Å². The fourth-order valence-corrected chi connectivity index (χ4v) is 2.28. The molecule has 0 fully saturated rings. The van der Waals surface area contributed by atoms with Crippen molar-refractivity contribution in [3.63, 3.8) is 0 Å². The van der Waals surface area contributed by atoms with Gasteiger partial charge in [0.25, 0.3) is 0 Å². The first-order valence-corrected chi connectivity index (χ1v) is 7.60. The molecule has 0 radical (unpaired) electrons. The Balaban J connectivity index is 0.00000529. The van der Waals surface area contributed by atoms with E-state index in [0.29, 0.717) is 6.54 Å². The average molecular weight is 490 g/mol. The zero-order valence-corrected chi connectivity index (χ0v) is 15.7. The van der Waals surface area contributed by atoms with Gasteiger partial charge in [0.2, 0.25) is 0 Å². The second kappa shape index (κ2) is 10.3. The Morgan fingerprint density at radius 1 is 1.21 bits per heavy atom. The zero-order valence-electron chi connectivity index (χ0n) is 12.6. The minimum absolute atomic E-state index is 0. The summed E-state index contributed by atoms with van der Waals surface area (Å²) in [6, 6.07) is 0. The molecule has 0 saturated heterocycles. The second-order valence-electron chi connectivity index (χ2n) is 4.43. The molecule has 4 nitrogen and oxygen atoms in total. The first kappa shape index (κ1) is 23.2. The Morgan fingerprint density at radius 3 is 2.38 bits per heavy atom. The maximum atomic E-state index is 12.4. The van der Waals surface area contributed by atoms with E-state index < -0.39 is 31.0 Å². The number of aromatic nitrogens is 1. The molecule has 0 amide bonds. The van der Waals surface area contributed by atoms with Crippen LogP contribution in [0.3, 0.4) is 0 Å². The molecular weight excluding hydrogens is 473 g/mol. The predicted molar refractivity (Wildman–Crippen MR) is 90.9 cm³/mol. The largest absolute Gasteiger partial charge is 0.434 e. The maximum Gasteiger partial charge on any atom is 0.434 e. The number of thiazole rings is 1.